The highest BCUT2D eigenvalue weighted by Gasteiger charge is 2.44. The first kappa shape index (κ1) is 52.3. The number of hydrogen-bond acceptors (Lipinski definition) is 18. The van der Waals surface area contributed by atoms with Gasteiger partial charge in [-0.05, 0) is 104 Å². The van der Waals surface area contributed by atoms with Gasteiger partial charge in [0.15, 0.2) is 23.7 Å². The van der Waals surface area contributed by atoms with Crippen LogP contribution in [0.4, 0.5) is 0 Å². The van der Waals surface area contributed by atoms with Crippen molar-refractivity contribution in [3.63, 3.8) is 0 Å². The minimum Gasteiger partial charge on any atom is -0.376 e. The molecule has 0 saturated heterocycles. The van der Waals surface area contributed by atoms with Crippen molar-refractivity contribution in [2.45, 2.75) is 75.0 Å². The lowest BCUT2D eigenvalue weighted by Crippen LogP contribution is -2.65. The molecule has 20 nitrogen and oxygen atoms in total. The smallest absolute Gasteiger partial charge is 0.254 e. The van der Waals surface area contributed by atoms with Gasteiger partial charge in [0.05, 0.1) is 39.6 Å². The zero-order chi connectivity index (χ0) is 40.2. The minimum absolute atomic E-state index is 0.0299. The van der Waals surface area contributed by atoms with Crippen LogP contribution in [0.2, 0.25) is 0 Å². The molecule has 0 aromatic heterocycles. The molecule has 0 heterocycles. The SMILES string of the molecule is NCCCOCC(COCCCN)(NC(=O)C(OCCCN)C(OCCCN)C(=O)NC(COCCCN)(COCCCN)OCCCN)OCCCN. The molecular weight excluding hydrogens is 708 g/mol. The second kappa shape index (κ2) is 35.7. The van der Waals surface area contributed by atoms with Crippen LogP contribution in [0.3, 0.4) is 0 Å². The number of amides is 2. The molecule has 0 aromatic carbocycles. The number of ether oxygens (including phenoxy) is 8. The summed E-state index contributed by atoms with van der Waals surface area (Å²) in [6.07, 6.45) is 1.01. The third-order valence-corrected chi connectivity index (χ3v) is 7.55. The van der Waals surface area contributed by atoms with Crippen LogP contribution in [0.5, 0.6) is 0 Å². The van der Waals surface area contributed by atoms with E-state index in [1.54, 1.807) is 0 Å². The molecule has 2 amide bonds. The summed E-state index contributed by atoms with van der Waals surface area (Å²) in [5.74, 6) is -1.46. The highest BCUT2D eigenvalue weighted by atomic mass is 16.6. The summed E-state index contributed by atoms with van der Waals surface area (Å²) in [5, 5.41) is 5.85. The van der Waals surface area contributed by atoms with Gasteiger partial charge in [-0.3, -0.25) is 9.59 Å². The van der Waals surface area contributed by atoms with Gasteiger partial charge < -0.3 is 94.4 Å². The molecule has 0 spiro atoms. The van der Waals surface area contributed by atoms with Crippen LogP contribution >= 0.6 is 0 Å². The van der Waals surface area contributed by atoms with Gasteiger partial charge in [0, 0.05) is 39.6 Å². The lowest BCUT2D eigenvalue weighted by Gasteiger charge is -2.38. The van der Waals surface area contributed by atoms with Gasteiger partial charge in [-0.2, -0.15) is 0 Å². The zero-order valence-corrected chi connectivity index (χ0v) is 32.7. The Balaban J connectivity index is 6.91. The van der Waals surface area contributed by atoms with Crippen molar-refractivity contribution in [3.8, 4) is 0 Å². The van der Waals surface area contributed by atoms with Crippen LogP contribution in [0, 0.1) is 0 Å². The summed E-state index contributed by atoms with van der Waals surface area (Å²) in [5.41, 5.74) is 42.8. The number of nitrogens with one attached hydrogen (secondary N) is 2. The van der Waals surface area contributed by atoms with Crippen LogP contribution in [-0.2, 0) is 47.5 Å². The van der Waals surface area contributed by atoms with Gasteiger partial charge in [-0.25, -0.2) is 0 Å². The Morgan fingerprint density at radius 2 is 0.630 bits per heavy atom. The highest BCUT2D eigenvalue weighted by molar-refractivity contribution is 5.91. The van der Waals surface area contributed by atoms with E-state index in [4.69, 9.17) is 83.8 Å². The van der Waals surface area contributed by atoms with E-state index in [1.165, 1.54) is 0 Å². The summed E-state index contributed by atoms with van der Waals surface area (Å²) in [6.45, 7) is 4.02. The summed E-state index contributed by atoms with van der Waals surface area (Å²) >= 11 is 0. The van der Waals surface area contributed by atoms with E-state index in [0.717, 1.165) is 0 Å². The molecule has 18 N–H and O–H groups in total. The van der Waals surface area contributed by atoms with Crippen LogP contribution in [0.15, 0.2) is 0 Å². The number of nitrogens with two attached hydrogens (primary N) is 8. The minimum atomic E-state index is -1.52. The first-order valence-corrected chi connectivity index (χ1v) is 19.3. The molecule has 54 heavy (non-hydrogen) atoms. The van der Waals surface area contributed by atoms with Gasteiger partial charge in [0.25, 0.3) is 11.8 Å². The van der Waals surface area contributed by atoms with Crippen LogP contribution in [-0.4, -0.2) is 167 Å². The van der Waals surface area contributed by atoms with Crippen LogP contribution in [0.1, 0.15) is 51.4 Å². The maximum Gasteiger partial charge on any atom is 0.254 e. The Morgan fingerprint density at radius 3 is 0.889 bits per heavy atom. The van der Waals surface area contributed by atoms with Crippen molar-refractivity contribution < 1.29 is 47.5 Å². The average molecular weight is 785 g/mol. The van der Waals surface area contributed by atoms with Gasteiger partial charge in [0.2, 0.25) is 0 Å². The molecule has 0 radical (unpaired) electrons. The maximum absolute atomic E-state index is 14.5. The van der Waals surface area contributed by atoms with Crippen LogP contribution in [0.25, 0.3) is 0 Å². The van der Waals surface area contributed by atoms with E-state index in [-0.39, 0.29) is 65.9 Å². The fourth-order valence-electron chi connectivity index (χ4n) is 4.64. The Morgan fingerprint density at radius 1 is 0.389 bits per heavy atom. The maximum atomic E-state index is 14.5. The first-order valence-electron chi connectivity index (χ1n) is 19.3. The van der Waals surface area contributed by atoms with E-state index in [0.29, 0.717) is 117 Å². The lowest BCUT2D eigenvalue weighted by atomic mass is 10.1. The summed E-state index contributed by atoms with van der Waals surface area (Å²) < 4.78 is 48.3. The van der Waals surface area contributed by atoms with E-state index in [9.17, 15) is 9.59 Å². The number of rotatable bonds is 41. The second-order valence-electron chi connectivity index (χ2n) is 12.6. The number of carbonyl (C=O) groups excluding carboxylic acids is 2. The fourth-order valence-corrected chi connectivity index (χ4v) is 4.64. The van der Waals surface area contributed by atoms with E-state index in [2.05, 4.69) is 10.6 Å². The van der Waals surface area contributed by atoms with Crippen molar-refractivity contribution in [2.24, 2.45) is 45.9 Å². The normalized spacial score (nSPS) is 13.3. The standard InChI is InChI=1S/C34H76N10O10/c35-9-1-17-47-25-33(53-23-7-15-41,26-48-18-2-10-36)43-31(45)29(51-21-5-13-39)30(52-22-6-14-40)32(46)44-34(54-24-8-16-42,27-49-19-3-11-37)28-50-20-4-12-38/h29-30H,1-28,35-42H2,(H,43,45)(H,44,46). The van der Waals surface area contributed by atoms with E-state index >= 15 is 0 Å². The highest BCUT2D eigenvalue weighted by Crippen LogP contribution is 2.18. The molecule has 0 bridgehead atoms. The molecule has 322 valence electrons. The summed E-state index contributed by atoms with van der Waals surface area (Å²) in [7, 11) is 0. The van der Waals surface area contributed by atoms with Crippen molar-refractivity contribution in [3.05, 3.63) is 0 Å². The average Bonchev–Trinajstić information content (AvgIpc) is 3.16. The summed E-state index contributed by atoms with van der Waals surface area (Å²) in [4.78, 5) is 29.0. The molecular formula is C34H76N10O10. The zero-order valence-electron chi connectivity index (χ0n) is 32.7. The Labute approximate surface area is 322 Å². The third kappa shape index (κ3) is 24.7. The molecule has 2 unspecified atom stereocenters. The Hall–Kier alpha value is -1.70. The summed E-state index contributed by atoms with van der Waals surface area (Å²) in [6, 6.07) is 0. The largest absolute Gasteiger partial charge is 0.376 e. The van der Waals surface area contributed by atoms with Crippen molar-refractivity contribution in [1.82, 2.24) is 10.6 Å². The van der Waals surface area contributed by atoms with Crippen molar-refractivity contribution in [1.29, 1.82) is 0 Å². The molecule has 0 aliphatic rings. The molecule has 2 atom stereocenters. The third-order valence-electron chi connectivity index (χ3n) is 7.55. The molecule has 0 rings (SSSR count). The molecule has 20 heteroatoms. The molecule has 0 saturated carbocycles. The molecule has 0 aliphatic heterocycles. The van der Waals surface area contributed by atoms with Gasteiger partial charge in [-0.15, -0.1) is 0 Å². The topological polar surface area (TPSA) is 340 Å². The monoisotopic (exact) mass is 785 g/mol. The second-order valence-corrected chi connectivity index (χ2v) is 12.6. The van der Waals surface area contributed by atoms with Gasteiger partial charge >= 0.3 is 0 Å². The predicted molar refractivity (Wildman–Crippen MR) is 206 cm³/mol. The fraction of sp³-hybridized carbons (Fsp3) is 0.941. The van der Waals surface area contributed by atoms with Gasteiger partial charge in [0.1, 0.15) is 0 Å². The number of carbonyl (C=O) groups is 2. The molecule has 0 aliphatic carbocycles. The molecule has 0 fully saturated rings. The Bertz CT molecular complexity index is 795. The van der Waals surface area contributed by atoms with E-state index < -0.39 is 35.5 Å². The van der Waals surface area contributed by atoms with Gasteiger partial charge in [-0.1, -0.05) is 0 Å². The first-order chi connectivity index (χ1) is 26.3. The quantitative estimate of drug-likeness (QED) is 0.0210. The van der Waals surface area contributed by atoms with Crippen LogP contribution < -0.4 is 56.5 Å². The van der Waals surface area contributed by atoms with E-state index in [1.807, 2.05) is 0 Å². The number of hydrogen-bond donors (Lipinski definition) is 10. The van der Waals surface area contributed by atoms with Crippen molar-refractivity contribution in [2.75, 3.05) is 132 Å². The lowest BCUT2D eigenvalue weighted by molar-refractivity contribution is -0.186. The molecule has 0 aromatic rings. The predicted octanol–water partition coefficient (Wildman–Crippen LogP) is -3.73. The van der Waals surface area contributed by atoms with Crippen molar-refractivity contribution >= 4 is 11.8 Å². The Kier molecular flexibility index (Phi) is 34.6.